The fourth-order valence-electron chi connectivity index (χ4n) is 1.54. The molecule has 1 aromatic heterocycles. The topological polar surface area (TPSA) is 41.1 Å². The summed E-state index contributed by atoms with van der Waals surface area (Å²) < 4.78 is 1.84. The number of carbonyl (C=O) groups excluding carboxylic acids is 1. The Morgan fingerprint density at radius 3 is 2.93 bits per heavy atom. The molecule has 0 aromatic carbocycles. The lowest BCUT2D eigenvalue weighted by molar-refractivity contribution is 0.0940. The second kappa shape index (κ2) is 4.95. The first-order valence-corrected chi connectivity index (χ1v) is 7.03. The molecule has 0 saturated carbocycles. The molecule has 82 valence electrons. The first kappa shape index (κ1) is 11.6. The average molecular weight is 354 g/mol. The summed E-state index contributed by atoms with van der Waals surface area (Å²) in [5.74, 6) is -0.00229. The number of amides is 1. The van der Waals surface area contributed by atoms with Crippen LogP contribution in [0.15, 0.2) is 13.6 Å². The van der Waals surface area contributed by atoms with Gasteiger partial charge in [-0.05, 0) is 50.9 Å². The Morgan fingerprint density at radius 1 is 1.60 bits per heavy atom. The van der Waals surface area contributed by atoms with E-state index in [-0.39, 0.29) is 11.9 Å². The van der Waals surface area contributed by atoms with Gasteiger partial charge in [0.25, 0.3) is 5.91 Å². The first-order chi connectivity index (χ1) is 7.16. The van der Waals surface area contributed by atoms with Crippen LogP contribution < -0.4 is 10.6 Å². The van der Waals surface area contributed by atoms with E-state index in [1.165, 1.54) is 11.3 Å². The van der Waals surface area contributed by atoms with Gasteiger partial charge in [0, 0.05) is 12.6 Å². The van der Waals surface area contributed by atoms with Crippen LogP contribution in [0.1, 0.15) is 16.8 Å². The second-order valence-corrected chi connectivity index (χ2v) is 7.15. The van der Waals surface area contributed by atoms with Crippen molar-refractivity contribution in [3.63, 3.8) is 0 Å². The van der Waals surface area contributed by atoms with Crippen LogP contribution in [0, 0.1) is 0 Å². The summed E-state index contributed by atoms with van der Waals surface area (Å²) in [7, 11) is 0. The minimum absolute atomic E-state index is 0.00229. The molecular formula is C9H10Br2N2OS. The van der Waals surface area contributed by atoms with Crippen LogP contribution in [0.5, 0.6) is 0 Å². The Bertz CT molecular complexity index is 374. The van der Waals surface area contributed by atoms with Crippen LogP contribution in [0.3, 0.4) is 0 Å². The average Bonchev–Trinajstić information content (AvgIpc) is 2.75. The fraction of sp³-hybridized carbons (Fsp3) is 0.444. The van der Waals surface area contributed by atoms with Crippen LogP contribution in [-0.2, 0) is 0 Å². The van der Waals surface area contributed by atoms with Crippen molar-refractivity contribution < 1.29 is 4.79 Å². The molecule has 1 atom stereocenters. The maximum Gasteiger partial charge on any atom is 0.253 e. The molecule has 1 fully saturated rings. The summed E-state index contributed by atoms with van der Waals surface area (Å²) >= 11 is 8.25. The van der Waals surface area contributed by atoms with Crippen LogP contribution in [-0.4, -0.2) is 25.0 Å². The van der Waals surface area contributed by atoms with Crippen molar-refractivity contribution in [2.45, 2.75) is 12.5 Å². The lowest BCUT2D eigenvalue weighted by atomic mass is 10.2. The van der Waals surface area contributed by atoms with Gasteiger partial charge >= 0.3 is 0 Å². The van der Waals surface area contributed by atoms with Gasteiger partial charge < -0.3 is 10.6 Å². The molecule has 2 rings (SSSR count). The summed E-state index contributed by atoms with van der Waals surface area (Å²) in [6, 6.07) is 2.11. The highest BCUT2D eigenvalue weighted by atomic mass is 79.9. The third-order valence-corrected chi connectivity index (χ3v) is 4.64. The van der Waals surface area contributed by atoms with Crippen LogP contribution >= 0.6 is 43.2 Å². The lowest BCUT2D eigenvalue weighted by Gasteiger charge is -2.10. The van der Waals surface area contributed by atoms with Gasteiger partial charge in [-0.2, -0.15) is 0 Å². The number of hydrogen-bond acceptors (Lipinski definition) is 3. The van der Waals surface area contributed by atoms with E-state index in [1.807, 2.05) is 6.07 Å². The SMILES string of the molecule is O=C(NC1CCNC1)c1cc(Br)sc1Br. The van der Waals surface area contributed by atoms with Crippen LogP contribution in [0.25, 0.3) is 0 Å². The zero-order valence-electron chi connectivity index (χ0n) is 7.85. The largest absolute Gasteiger partial charge is 0.348 e. The quantitative estimate of drug-likeness (QED) is 0.856. The standard InChI is InChI=1S/C9H10Br2N2OS/c10-7-3-6(8(11)15-7)9(14)13-5-1-2-12-4-5/h3,5,12H,1-2,4H2,(H,13,14). The van der Waals surface area contributed by atoms with E-state index in [0.717, 1.165) is 27.1 Å². The highest BCUT2D eigenvalue weighted by molar-refractivity contribution is 9.12. The highest BCUT2D eigenvalue weighted by Crippen LogP contribution is 2.31. The van der Waals surface area contributed by atoms with E-state index < -0.39 is 0 Å². The van der Waals surface area contributed by atoms with Crippen molar-refractivity contribution in [3.8, 4) is 0 Å². The Hall–Kier alpha value is 0.0900. The molecule has 1 aliphatic heterocycles. The van der Waals surface area contributed by atoms with Gasteiger partial charge in [-0.15, -0.1) is 11.3 Å². The van der Waals surface area contributed by atoms with Crippen molar-refractivity contribution in [2.75, 3.05) is 13.1 Å². The molecule has 2 heterocycles. The molecule has 1 amide bonds. The minimum Gasteiger partial charge on any atom is -0.348 e. The zero-order valence-corrected chi connectivity index (χ0v) is 11.8. The van der Waals surface area contributed by atoms with Crippen LogP contribution in [0.4, 0.5) is 0 Å². The zero-order chi connectivity index (χ0) is 10.8. The van der Waals surface area contributed by atoms with Crippen molar-refractivity contribution in [2.24, 2.45) is 0 Å². The second-order valence-electron chi connectivity index (χ2n) is 3.40. The molecule has 1 aromatic rings. The minimum atomic E-state index is -0.00229. The predicted molar refractivity (Wildman–Crippen MR) is 68.5 cm³/mol. The fourth-order valence-corrected chi connectivity index (χ4v) is 4.33. The Kier molecular flexibility index (Phi) is 3.82. The smallest absolute Gasteiger partial charge is 0.253 e. The number of hydrogen-bond donors (Lipinski definition) is 2. The predicted octanol–water partition coefficient (Wildman–Crippen LogP) is 2.36. The van der Waals surface area contributed by atoms with Gasteiger partial charge in [-0.25, -0.2) is 0 Å². The van der Waals surface area contributed by atoms with E-state index in [0.29, 0.717) is 5.56 Å². The van der Waals surface area contributed by atoms with Crippen molar-refractivity contribution in [3.05, 3.63) is 19.2 Å². The third kappa shape index (κ3) is 2.81. The van der Waals surface area contributed by atoms with Gasteiger partial charge in [0.05, 0.1) is 13.1 Å². The molecule has 1 unspecified atom stereocenters. The third-order valence-electron chi connectivity index (χ3n) is 2.30. The summed E-state index contributed by atoms with van der Waals surface area (Å²) in [4.78, 5) is 11.9. The summed E-state index contributed by atoms with van der Waals surface area (Å²) in [5.41, 5.74) is 0.707. The Balaban J connectivity index is 2.03. The molecule has 3 nitrogen and oxygen atoms in total. The summed E-state index contributed by atoms with van der Waals surface area (Å²) in [5, 5.41) is 6.22. The first-order valence-electron chi connectivity index (χ1n) is 4.63. The monoisotopic (exact) mass is 352 g/mol. The normalized spacial score (nSPS) is 20.5. The van der Waals surface area contributed by atoms with E-state index in [4.69, 9.17) is 0 Å². The van der Waals surface area contributed by atoms with Gasteiger partial charge in [0.15, 0.2) is 0 Å². The molecule has 1 saturated heterocycles. The van der Waals surface area contributed by atoms with Crippen molar-refractivity contribution in [1.29, 1.82) is 0 Å². The summed E-state index contributed by atoms with van der Waals surface area (Å²) in [6.07, 6.45) is 1.01. The molecule has 0 bridgehead atoms. The number of rotatable bonds is 2. The van der Waals surface area contributed by atoms with Crippen molar-refractivity contribution >= 4 is 49.1 Å². The molecule has 1 aliphatic rings. The lowest BCUT2D eigenvalue weighted by Crippen LogP contribution is -2.36. The molecule has 6 heteroatoms. The van der Waals surface area contributed by atoms with Crippen molar-refractivity contribution in [1.82, 2.24) is 10.6 Å². The number of carbonyl (C=O) groups is 1. The Labute approximate surface area is 109 Å². The van der Waals surface area contributed by atoms with Crippen LogP contribution in [0.2, 0.25) is 0 Å². The van der Waals surface area contributed by atoms with Gasteiger partial charge in [-0.3, -0.25) is 4.79 Å². The molecular weight excluding hydrogens is 344 g/mol. The molecule has 0 spiro atoms. The Morgan fingerprint density at radius 2 is 2.40 bits per heavy atom. The van der Waals surface area contributed by atoms with Gasteiger partial charge in [0.1, 0.15) is 0 Å². The molecule has 0 aliphatic carbocycles. The number of halogens is 2. The number of thiophene rings is 1. The maximum atomic E-state index is 11.9. The maximum absolute atomic E-state index is 11.9. The highest BCUT2D eigenvalue weighted by Gasteiger charge is 2.20. The molecule has 15 heavy (non-hydrogen) atoms. The number of nitrogens with one attached hydrogen (secondary N) is 2. The summed E-state index contributed by atoms with van der Waals surface area (Å²) in [6.45, 7) is 1.86. The molecule has 2 N–H and O–H groups in total. The van der Waals surface area contributed by atoms with E-state index >= 15 is 0 Å². The van der Waals surface area contributed by atoms with E-state index in [9.17, 15) is 4.79 Å². The van der Waals surface area contributed by atoms with E-state index in [1.54, 1.807) is 0 Å². The van der Waals surface area contributed by atoms with E-state index in [2.05, 4.69) is 42.5 Å². The van der Waals surface area contributed by atoms with Gasteiger partial charge in [0.2, 0.25) is 0 Å². The molecule has 0 radical (unpaired) electrons. The van der Waals surface area contributed by atoms with Gasteiger partial charge in [-0.1, -0.05) is 0 Å².